The largest absolute Gasteiger partial charge is 0.328 e. The topological polar surface area (TPSA) is 51.0 Å². The second-order valence-corrected chi connectivity index (χ2v) is 8.02. The second-order valence-electron chi connectivity index (χ2n) is 7.04. The molecule has 0 aliphatic carbocycles. The molecule has 1 fully saturated rings. The second kappa shape index (κ2) is 7.64. The highest BCUT2D eigenvalue weighted by molar-refractivity contribution is 7.10. The molecule has 2 aromatic heterocycles. The molecule has 1 aliphatic rings. The van der Waals surface area contributed by atoms with Crippen LogP contribution < -0.4 is 0 Å². The maximum absolute atomic E-state index is 13.4. The first-order chi connectivity index (χ1) is 14.3. The molecule has 144 valence electrons. The van der Waals surface area contributed by atoms with Crippen molar-refractivity contribution in [3.05, 3.63) is 88.9 Å². The number of para-hydroxylation sites is 1. The van der Waals surface area contributed by atoms with Crippen LogP contribution in [-0.4, -0.2) is 32.1 Å². The number of likely N-dealkylation sites (tertiary alicyclic amines) is 1. The van der Waals surface area contributed by atoms with E-state index >= 15 is 0 Å². The minimum atomic E-state index is -0.104. The summed E-state index contributed by atoms with van der Waals surface area (Å²) in [5.74, 6) is 0.816. The fourth-order valence-corrected chi connectivity index (χ4v) is 4.71. The van der Waals surface area contributed by atoms with Gasteiger partial charge in [0.25, 0.3) is 5.91 Å². The van der Waals surface area contributed by atoms with Crippen molar-refractivity contribution in [1.82, 2.24) is 19.7 Å². The normalized spacial score (nSPS) is 16.3. The molecule has 5 nitrogen and oxygen atoms in total. The van der Waals surface area contributed by atoms with Gasteiger partial charge in [-0.25, -0.2) is 9.67 Å². The van der Waals surface area contributed by atoms with Gasteiger partial charge in [-0.3, -0.25) is 4.79 Å². The third kappa shape index (κ3) is 3.36. The predicted octanol–water partition coefficient (Wildman–Crippen LogP) is 4.97. The molecule has 1 amide bonds. The Kier molecular flexibility index (Phi) is 4.69. The van der Waals surface area contributed by atoms with Gasteiger partial charge in [0.15, 0.2) is 5.82 Å². The van der Waals surface area contributed by atoms with Crippen LogP contribution in [0.4, 0.5) is 0 Å². The van der Waals surface area contributed by atoms with Gasteiger partial charge in [0, 0.05) is 17.0 Å². The van der Waals surface area contributed by atoms with Gasteiger partial charge < -0.3 is 4.90 Å². The van der Waals surface area contributed by atoms with Gasteiger partial charge in [-0.15, -0.1) is 16.4 Å². The monoisotopic (exact) mass is 400 g/mol. The Hall–Kier alpha value is -3.25. The Bertz CT molecular complexity index is 1050. The lowest BCUT2D eigenvalue weighted by Gasteiger charge is -2.22. The van der Waals surface area contributed by atoms with Crippen LogP contribution in [0, 0.1) is 0 Å². The molecule has 3 heterocycles. The Morgan fingerprint density at radius 1 is 0.966 bits per heavy atom. The van der Waals surface area contributed by atoms with E-state index in [9.17, 15) is 4.79 Å². The lowest BCUT2D eigenvalue weighted by Crippen LogP contribution is -2.31. The number of aromatic nitrogens is 3. The van der Waals surface area contributed by atoms with E-state index in [-0.39, 0.29) is 17.8 Å². The first-order valence-electron chi connectivity index (χ1n) is 9.73. The smallest absolute Gasteiger partial charge is 0.294 e. The Balaban J connectivity index is 1.55. The Morgan fingerprint density at radius 3 is 2.45 bits per heavy atom. The highest BCUT2D eigenvalue weighted by atomic mass is 32.1. The van der Waals surface area contributed by atoms with Crippen molar-refractivity contribution < 1.29 is 4.79 Å². The fraction of sp³-hybridized carbons (Fsp3) is 0.174. The van der Waals surface area contributed by atoms with Crippen molar-refractivity contribution in [2.24, 2.45) is 0 Å². The fourth-order valence-electron chi connectivity index (χ4n) is 3.84. The van der Waals surface area contributed by atoms with Gasteiger partial charge in [0.2, 0.25) is 5.82 Å². The summed E-state index contributed by atoms with van der Waals surface area (Å²) in [5, 5.41) is 6.70. The highest BCUT2D eigenvalue weighted by Gasteiger charge is 2.33. The molecule has 0 saturated carbocycles. The number of nitrogens with zero attached hydrogens (tertiary/aromatic N) is 4. The first-order valence-corrected chi connectivity index (χ1v) is 10.6. The molecule has 1 atom stereocenters. The first kappa shape index (κ1) is 17.8. The molecule has 1 aliphatic heterocycles. The van der Waals surface area contributed by atoms with Gasteiger partial charge >= 0.3 is 0 Å². The van der Waals surface area contributed by atoms with Gasteiger partial charge in [0.05, 0.1) is 11.7 Å². The Labute approximate surface area is 173 Å². The molecule has 0 N–H and O–H groups in total. The third-order valence-electron chi connectivity index (χ3n) is 5.22. The zero-order chi connectivity index (χ0) is 19.6. The van der Waals surface area contributed by atoms with Crippen molar-refractivity contribution in [3.63, 3.8) is 0 Å². The van der Waals surface area contributed by atoms with E-state index < -0.39 is 0 Å². The van der Waals surface area contributed by atoms with Crippen LogP contribution >= 0.6 is 11.3 Å². The van der Waals surface area contributed by atoms with E-state index in [2.05, 4.69) is 21.5 Å². The Morgan fingerprint density at radius 2 is 1.72 bits per heavy atom. The molecule has 2 aromatic carbocycles. The number of carbonyl (C=O) groups excluding carboxylic acids is 1. The van der Waals surface area contributed by atoms with Crippen LogP contribution in [0.15, 0.2) is 78.2 Å². The quantitative estimate of drug-likeness (QED) is 0.486. The molecule has 1 saturated heterocycles. The van der Waals surface area contributed by atoms with E-state index in [1.54, 1.807) is 16.0 Å². The van der Waals surface area contributed by atoms with E-state index in [4.69, 9.17) is 0 Å². The van der Waals surface area contributed by atoms with Gasteiger partial charge in [-0.1, -0.05) is 54.6 Å². The molecule has 4 aromatic rings. The van der Waals surface area contributed by atoms with Crippen molar-refractivity contribution in [1.29, 1.82) is 0 Å². The number of hydrogen-bond donors (Lipinski definition) is 0. The number of carbonyl (C=O) groups is 1. The summed E-state index contributed by atoms with van der Waals surface area (Å²) in [4.78, 5) is 21.2. The van der Waals surface area contributed by atoms with Crippen molar-refractivity contribution >= 4 is 17.2 Å². The van der Waals surface area contributed by atoms with Crippen LogP contribution in [-0.2, 0) is 0 Å². The van der Waals surface area contributed by atoms with Crippen molar-refractivity contribution in [3.8, 4) is 17.1 Å². The summed E-state index contributed by atoms with van der Waals surface area (Å²) < 4.78 is 1.76. The van der Waals surface area contributed by atoms with Crippen molar-refractivity contribution in [2.75, 3.05) is 6.54 Å². The van der Waals surface area contributed by atoms with E-state index in [0.717, 1.165) is 30.6 Å². The zero-order valence-corrected chi connectivity index (χ0v) is 16.6. The lowest BCUT2D eigenvalue weighted by molar-refractivity contribution is 0.0725. The van der Waals surface area contributed by atoms with Crippen LogP contribution in [0.25, 0.3) is 17.1 Å². The predicted molar refractivity (Wildman–Crippen MR) is 114 cm³/mol. The summed E-state index contributed by atoms with van der Waals surface area (Å²) in [6.45, 7) is 0.738. The number of hydrogen-bond acceptors (Lipinski definition) is 4. The molecule has 5 rings (SSSR count). The molecule has 0 spiro atoms. The average molecular weight is 401 g/mol. The summed E-state index contributed by atoms with van der Waals surface area (Å²) in [5.41, 5.74) is 1.81. The number of amides is 1. The van der Waals surface area contributed by atoms with Crippen LogP contribution in [0.1, 0.15) is 34.4 Å². The summed E-state index contributed by atoms with van der Waals surface area (Å²) >= 11 is 1.70. The third-order valence-corrected chi connectivity index (χ3v) is 6.19. The standard InChI is InChI=1S/C23H20N4OS/c28-23(26-15-7-13-19(26)20-14-8-16-29-20)21-24-22(17-9-3-1-4-10-17)27(25-21)18-11-5-2-6-12-18/h1-6,8-12,14,16,19H,7,13,15H2. The van der Waals surface area contributed by atoms with Gasteiger partial charge in [0.1, 0.15) is 0 Å². The maximum atomic E-state index is 13.4. The van der Waals surface area contributed by atoms with E-state index in [0.29, 0.717) is 5.82 Å². The number of benzene rings is 2. The molecule has 0 radical (unpaired) electrons. The minimum absolute atomic E-state index is 0.104. The van der Waals surface area contributed by atoms with Crippen LogP contribution in [0.5, 0.6) is 0 Å². The molecule has 1 unspecified atom stereocenters. The SMILES string of the molecule is O=C(c1nc(-c2ccccc2)n(-c2ccccc2)n1)N1CCCC1c1cccs1. The molecule has 0 bridgehead atoms. The molecule has 6 heteroatoms. The molecular weight excluding hydrogens is 380 g/mol. The number of rotatable bonds is 4. The summed E-state index contributed by atoms with van der Waals surface area (Å²) in [6, 6.07) is 24.0. The lowest BCUT2D eigenvalue weighted by atomic mass is 10.2. The number of thiophene rings is 1. The maximum Gasteiger partial charge on any atom is 0.294 e. The van der Waals surface area contributed by atoms with E-state index in [1.165, 1.54) is 4.88 Å². The van der Waals surface area contributed by atoms with Gasteiger partial charge in [-0.2, -0.15) is 0 Å². The average Bonchev–Trinajstić information content (AvgIpc) is 3.54. The van der Waals surface area contributed by atoms with Crippen LogP contribution in [0.2, 0.25) is 0 Å². The summed E-state index contributed by atoms with van der Waals surface area (Å²) in [6.07, 6.45) is 1.98. The van der Waals surface area contributed by atoms with Gasteiger partial charge in [-0.05, 0) is 36.4 Å². The summed E-state index contributed by atoms with van der Waals surface area (Å²) in [7, 11) is 0. The zero-order valence-electron chi connectivity index (χ0n) is 15.8. The van der Waals surface area contributed by atoms with Crippen molar-refractivity contribution in [2.45, 2.75) is 18.9 Å². The van der Waals surface area contributed by atoms with Crippen LogP contribution in [0.3, 0.4) is 0 Å². The minimum Gasteiger partial charge on any atom is -0.328 e. The van der Waals surface area contributed by atoms with E-state index in [1.807, 2.05) is 71.6 Å². The molecule has 29 heavy (non-hydrogen) atoms. The highest BCUT2D eigenvalue weighted by Crippen LogP contribution is 2.35. The molecular formula is C23H20N4OS.